The fourth-order valence-electron chi connectivity index (χ4n) is 3.11. The summed E-state index contributed by atoms with van der Waals surface area (Å²) < 4.78 is 5.20. The van der Waals surface area contributed by atoms with Gasteiger partial charge in [0.1, 0.15) is 11.4 Å². The maximum absolute atomic E-state index is 12.7. The molecule has 0 aliphatic heterocycles. The number of nitrogens with zero attached hydrogens (tertiary/aromatic N) is 1. The summed E-state index contributed by atoms with van der Waals surface area (Å²) >= 11 is 0. The quantitative estimate of drug-likeness (QED) is 0.439. The predicted molar refractivity (Wildman–Crippen MR) is 128 cm³/mol. The molecule has 2 rings (SSSR count). The van der Waals surface area contributed by atoms with Gasteiger partial charge in [-0.2, -0.15) is 0 Å². The highest BCUT2D eigenvalue weighted by atomic mass is 16.6. The van der Waals surface area contributed by atoms with Crippen molar-refractivity contribution in [3.8, 4) is 0 Å². The molecule has 0 aliphatic carbocycles. The van der Waals surface area contributed by atoms with Crippen LogP contribution >= 0.6 is 0 Å². The number of pyridine rings is 1. The highest BCUT2D eigenvalue weighted by Crippen LogP contribution is 2.23. The molecule has 0 saturated heterocycles. The third-order valence-corrected chi connectivity index (χ3v) is 4.97. The fraction of sp³-hybridized carbons (Fsp3) is 0.480. The third kappa shape index (κ3) is 8.57. The number of carbonyl (C=O) groups excluding carboxylic acids is 2. The second-order valence-electron chi connectivity index (χ2n) is 8.87. The molecule has 0 atom stereocenters. The number of hydrogen-bond donors (Lipinski definition) is 3. The zero-order valence-electron chi connectivity index (χ0n) is 19.9. The predicted octanol–water partition coefficient (Wildman–Crippen LogP) is 5.26. The van der Waals surface area contributed by atoms with Crippen LogP contribution < -0.4 is 16.0 Å². The molecule has 1 aromatic carbocycles. The van der Waals surface area contributed by atoms with Gasteiger partial charge in [-0.05, 0) is 76.8 Å². The Morgan fingerprint density at radius 3 is 2.31 bits per heavy atom. The summed E-state index contributed by atoms with van der Waals surface area (Å²) in [6.45, 7) is 10.8. The molecule has 32 heavy (non-hydrogen) atoms. The molecule has 0 radical (unpaired) electrons. The second kappa shape index (κ2) is 12.1. The van der Waals surface area contributed by atoms with Crippen LogP contribution in [0.15, 0.2) is 36.5 Å². The van der Waals surface area contributed by atoms with E-state index in [1.54, 1.807) is 18.3 Å². The van der Waals surface area contributed by atoms with Crippen LogP contribution in [0.1, 0.15) is 67.9 Å². The zero-order chi connectivity index (χ0) is 23.6. The van der Waals surface area contributed by atoms with Gasteiger partial charge >= 0.3 is 6.09 Å². The van der Waals surface area contributed by atoms with E-state index in [4.69, 9.17) is 4.74 Å². The summed E-state index contributed by atoms with van der Waals surface area (Å²) in [5, 5.41) is 9.03. The lowest BCUT2D eigenvalue weighted by Gasteiger charge is -2.19. The van der Waals surface area contributed by atoms with Gasteiger partial charge in [-0.1, -0.05) is 25.0 Å². The number of rotatable bonds is 10. The third-order valence-electron chi connectivity index (χ3n) is 4.97. The number of benzene rings is 1. The number of anilines is 2. The van der Waals surface area contributed by atoms with Crippen LogP contribution in [0.5, 0.6) is 0 Å². The molecule has 2 aromatic rings. The van der Waals surface area contributed by atoms with E-state index in [2.05, 4.69) is 33.9 Å². The van der Waals surface area contributed by atoms with Crippen molar-refractivity contribution in [2.24, 2.45) is 0 Å². The average molecular weight is 441 g/mol. The Morgan fingerprint density at radius 1 is 0.938 bits per heavy atom. The van der Waals surface area contributed by atoms with Crippen LogP contribution in [0.2, 0.25) is 0 Å². The summed E-state index contributed by atoms with van der Waals surface area (Å²) in [4.78, 5) is 28.6. The van der Waals surface area contributed by atoms with E-state index in [0.29, 0.717) is 24.5 Å². The molecular weight excluding hydrogens is 404 g/mol. The summed E-state index contributed by atoms with van der Waals surface area (Å²) in [6, 6.07) is 9.56. The van der Waals surface area contributed by atoms with E-state index in [-0.39, 0.29) is 12.0 Å². The number of carbonyl (C=O) groups is 2. The molecular formula is C25H36N4O3. The smallest absolute Gasteiger partial charge is 0.407 e. The minimum absolute atomic E-state index is 0.141. The van der Waals surface area contributed by atoms with Crippen LogP contribution in [0.4, 0.5) is 16.3 Å². The van der Waals surface area contributed by atoms with Gasteiger partial charge in [0, 0.05) is 25.0 Å². The summed E-state index contributed by atoms with van der Waals surface area (Å²) in [6.07, 6.45) is 4.98. The SMILES string of the molecule is Cc1cccc(Nc2ncccc2C(=O)NCCCCCCNC(=O)OC(C)(C)C)c1C. The summed E-state index contributed by atoms with van der Waals surface area (Å²) in [5.41, 5.74) is 3.29. The number of alkyl carbamates (subject to hydrolysis) is 1. The number of aromatic nitrogens is 1. The number of unbranched alkanes of at least 4 members (excludes halogenated alkanes) is 3. The van der Waals surface area contributed by atoms with E-state index >= 15 is 0 Å². The van der Waals surface area contributed by atoms with Crippen molar-refractivity contribution in [2.75, 3.05) is 18.4 Å². The Labute approximate surface area is 191 Å². The van der Waals surface area contributed by atoms with E-state index in [1.165, 1.54) is 5.56 Å². The molecule has 0 bridgehead atoms. The minimum atomic E-state index is -0.481. The molecule has 3 N–H and O–H groups in total. The largest absolute Gasteiger partial charge is 0.444 e. The van der Waals surface area contributed by atoms with Gasteiger partial charge in [0.05, 0.1) is 5.56 Å². The second-order valence-corrected chi connectivity index (χ2v) is 8.87. The molecule has 0 aliphatic rings. The number of amides is 2. The molecule has 0 fully saturated rings. The monoisotopic (exact) mass is 440 g/mol. The average Bonchev–Trinajstić information content (AvgIpc) is 2.72. The Kier molecular flexibility index (Phi) is 9.50. The van der Waals surface area contributed by atoms with Crippen LogP contribution in [-0.2, 0) is 4.74 Å². The molecule has 2 amide bonds. The lowest BCUT2D eigenvalue weighted by molar-refractivity contribution is 0.0526. The lowest BCUT2D eigenvalue weighted by Crippen LogP contribution is -2.33. The maximum Gasteiger partial charge on any atom is 0.407 e. The van der Waals surface area contributed by atoms with Crippen molar-refractivity contribution in [2.45, 2.75) is 65.9 Å². The highest BCUT2D eigenvalue weighted by molar-refractivity contribution is 5.99. The van der Waals surface area contributed by atoms with Crippen molar-refractivity contribution in [3.05, 3.63) is 53.2 Å². The van der Waals surface area contributed by atoms with Crippen LogP contribution in [0.25, 0.3) is 0 Å². The first-order valence-corrected chi connectivity index (χ1v) is 11.2. The summed E-state index contributed by atoms with van der Waals surface area (Å²) in [5.74, 6) is 0.407. The Bertz CT molecular complexity index is 906. The molecule has 0 unspecified atom stereocenters. The fourth-order valence-corrected chi connectivity index (χ4v) is 3.11. The van der Waals surface area contributed by atoms with E-state index in [0.717, 1.165) is 36.9 Å². The van der Waals surface area contributed by atoms with Gasteiger partial charge in [0.25, 0.3) is 5.91 Å². The van der Waals surface area contributed by atoms with Crippen molar-refractivity contribution in [1.29, 1.82) is 0 Å². The van der Waals surface area contributed by atoms with Gasteiger partial charge in [-0.15, -0.1) is 0 Å². The number of hydrogen-bond acceptors (Lipinski definition) is 5. The van der Waals surface area contributed by atoms with Gasteiger partial charge in [0.15, 0.2) is 0 Å². The molecule has 7 heteroatoms. The van der Waals surface area contributed by atoms with Crippen LogP contribution in [0, 0.1) is 13.8 Å². The standard InChI is InChI=1S/C25H36N4O3/c1-18-12-10-14-21(19(18)2)29-22-20(13-11-17-26-22)23(30)27-15-8-6-7-9-16-28-24(31)32-25(3,4)5/h10-14,17H,6-9,15-16H2,1-5H3,(H,26,29)(H,27,30)(H,28,31). The first-order chi connectivity index (χ1) is 15.2. The van der Waals surface area contributed by atoms with E-state index < -0.39 is 5.60 Å². The highest BCUT2D eigenvalue weighted by Gasteiger charge is 2.15. The Balaban J connectivity index is 1.72. The molecule has 7 nitrogen and oxygen atoms in total. The van der Waals surface area contributed by atoms with Gasteiger partial charge < -0.3 is 20.7 Å². The van der Waals surface area contributed by atoms with E-state index in [1.807, 2.05) is 39.8 Å². The zero-order valence-corrected chi connectivity index (χ0v) is 19.9. The van der Waals surface area contributed by atoms with Gasteiger partial charge in [-0.25, -0.2) is 9.78 Å². The van der Waals surface area contributed by atoms with Crippen molar-refractivity contribution >= 4 is 23.5 Å². The number of ether oxygens (including phenoxy) is 1. The number of aryl methyl sites for hydroxylation is 1. The number of nitrogens with one attached hydrogen (secondary N) is 3. The minimum Gasteiger partial charge on any atom is -0.444 e. The van der Waals surface area contributed by atoms with Crippen molar-refractivity contribution in [1.82, 2.24) is 15.6 Å². The normalized spacial score (nSPS) is 11.0. The van der Waals surface area contributed by atoms with Crippen LogP contribution in [0.3, 0.4) is 0 Å². The topological polar surface area (TPSA) is 92.4 Å². The first kappa shape index (κ1) is 25.2. The molecule has 1 aromatic heterocycles. The van der Waals surface area contributed by atoms with Crippen molar-refractivity contribution < 1.29 is 14.3 Å². The van der Waals surface area contributed by atoms with Crippen molar-refractivity contribution in [3.63, 3.8) is 0 Å². The maximum atomic E-state index is 12.7. The molecule has 0 saturated carbocycles. The first-order valence-electron chi connectivity index (χ1n) is 11.2. The molecule has 0 spiro atoms. The lowest BCUT2D eigenvalue weighted by atomic mass is 10.1. The van der Waals surface area contributed by atoms with Gasteiger partial charge in [-0.3, -0.25) is 4.79 Å². The summed E-state index contributed by atoms with van der Waals surface area (Å²) in [7, 11) is 0. The molecule has 174 valence electrons. The Morgan fingerprint density at radius 2 is 1.62 bits per heavy atom. The van der Waals surface area contributed by atoms with Gasteiger partial charge in [0.2, 0.25) is 0 Å². The van der Waals surface area contributed by atoms with Crippen LogP contribution in [-0.4, -0.2) is 35.7 Å². The molecule has 1 heterocycles. The Hall–Kier alpha value is -3.09. The van der Waals surface area contributed by atoms with E-state index in [9.17, 15) is 9.59 Å².